The number of hydrogen-bond acceptors (Lipinski definition) is 2. The van der Waals surface area contributed by atoms with E-state index in [1.54, 1.807) is 0 Å². The Morgan fingerprint density at radius 2 is 0.556 bits per heavy atom. The molecule has 0 aromatic heterocycles. The highest BCUT2D eigenvalue weighted by molar-refractivity contribution is 6.30. The van der Waals surface area contributed by atoms with Crippen molar-refractivity contribution in [2.45, 2.75) is 39.5 Å². The monoisotopic (exact) mass is 924 g/mol. The third-order valence-electron chi connectivity index (χ3n) is 14.6. The van der Waals surface area contributed by atoms with Crippen molar-refractivity contribution in [3.05, 3.63) is 266 Å². The van der Waals surface area contributed by atoms with Crippen LogP contribution in [-0.4, -0.2) is 0 Å². The molecule has 0 aliphatic heterocycles. The van der Waals surface area contributed by atoms with Crippen molar-refractivity contribution in [3.63, 3.8) is 0 Å². The van der Waals surface area contributed by atoms with Gasteiger partial charge >= 0.3 is 0 Å². The number of para-hydroxylation sites is 2. The topological polar surface area (TPSA) is 6.48 Å². The fourth-order valence-corrected chi connectivity index (χ4v) is 11.1. The lowest BCUT2D eigenvalue weighted by Crippen LogP contribution is -2.13. The average Bonchev–Trinajstić information content (AvgIpc) is 3.44. The molecule has 12 aromatic carbocycles. The van der Waals surface area contributed by atoms with Crippen molar-refractivity contribution < 1.29 is 0 Å². The molecule has 0 aliphatic rings. The summed E-state index contributed by atoms with van der Waals surface area (Å²) in [5.41, 5.74) is 18.9. The van der Waals surface area contributed by atoms with Crippen molar-refractivity contribution in [2.75, 3.05) is 9.80 Å². The zero-order chi connectivity index (χ0) is 48.7. The lowest BCUT2D eigenvalue weighted by molar-refractivity contribution is 0.876. The molecule has 0 amide bonds. The second-order valence-electron chi connectivity index (χ2n) is 19.6. The van der Waals surface area contributed by atoms with Crippen LogP contribution in [-0.2, 0) is 0 Å². The first-order chi connectivity index (χ1) is 35.4. The summed E-state index contributed by atoms with van der Waals surface area (Å²) < 4.78 is 0. The minimum atomic E-state index is 0.260. The Hall–Kier alpha value is -8.72. The predicted molar refractivity (Wildman–Crippen MR) is 309 cm³/mol. The molecule has 0 saturated heterocycles. The Balaban J connectivity index is 1.16. The number of anilines is 6. The van der Waals surface area contributed by atoms with E-state index in [-0.39, 0.29) is 11.8 Å². The maximum atomic E-state index is 2.52. The van der Waals surface area contributed by atoms with E-state index in [0.29, 0.717) is 0 Å². The van der Waals surface area contributed by atoms with Crippen molar-refractivity contribution in [2.24, 2.45) is 0 Å². The molecule has 0 unspecified atom stereocenters. The summed E-state index contributed by atoms with van der Waals surface area (Å²) in [7, 11) is 0. The molecule has 2 nitrogen and oxygen atoms in total. The predicted octanol–water partition coefficient (Wildman–Crippen LogP) is 20.4. The van der Waals surface area contributed by atoms with Crippen LogP contribution in [0.15, 0.2) is 255 Å². The van der Waals surface area contributed by atoms with Gasteiger partial charge in [0.1, 0.15) is 0 Å². The van der Waals surface area contributed by atoms with Crippen LogP contribution in [0, 0.1) is 0 Å². The van der Waals surface area contributed by atoms with Crippen molar-refractivity contribution in [1.82, 2.24) is 0 Å². The Bertz CT molecular complexity index is 3570. The second-order valence-corrected chi connectivity index (χ2v) is 19.6. The average molecular weight is 925 g/mol. The summed E-state index contributed by atoms with van der Waals surface area (Å²) in [6.07, 6.45) is 0. The van der Waals surface area contributed by atoms with Crippen LogP contribution in [0.5, 0.6) is 0 Å². The fraction of sp³-hybridized carbons (Fsp3) is 0.0857. The highest BCUT2D eigenvalue weighted by atomic mass is 15.2. The van der Waals surface area contributed by atoms with Gasteiger partial charge in [0.05, 0.1) is 22.7 Å². The number of nitrogens with zero attached hydrogens (tertiary/aromatic N) is 2. The maximum Gasteiger partial charge on any atom is 0.0541 e. The Morgan fingerprint density at radius 3 is 0.903 bits per heavy atom. The maximum absolute atomic E-state index is 2.52. The van der Waals surface area contributed by atoms with Crippen LogP contribution in [0.4, 0.5) is 34.1 Å². The highest BCUT2D eigenvalue weighted by Crippen LogP contribution is 2.53. The lowest BCUT2D eigenvalue weighted by Gasteiger charge is -2.32. The molecule has 0 atom stereocenters. The first kappa shape index (κ1) is 44.5. The van der Waals surface area contributed by atoms with Crippen molar-refractivity contribution >= 4 is 66.4 Å². The van der Waals surface area contributed by atoms with E-state index in [2.05, 4.69) is 292 Å². The second kappa shape index (κ2) is 18.9. The smallest absolute Gasteiger partial charge is 0.0541 e. The molecule has 0 saturated carbocycles. The molecule has 0 radical (unpaired) electrons. The molecular weight excluding hydrogens is 869 g/mol. The van der Waals surface area contributed by atoms with Crippen LogP contribution in [0.2, 0.25) is 0 Å². The molecule has 0 aliphatic carbocycles. The quantitative estimate of drug-likeness (QED) is 0.113. The number of hydrogen-bond donors (Lipinski definition) is 0. The molecule has 0 spiro atoms. The van der Waals surface area contributed by atoms with E-state index in [0.717, 1.165) is 34.1 Å². The first-order valence-electron chi connectivity index (χ1n) is 25.4. The van der Waals surface area contributed by atoms with E-state index >= 15 is 0 Å². The molecular formula is C70H56N2. The van der Waals surface area contributed by atoms with Gasteiger partial charge < -0.3 is 9.80 Å². The van der Waals surface area contributed by atoms with Gasteiger partial charge in [-0.15, -0.1) is 0 Å². The summed E-state index contributed by atoms with van der Waals surface area (Å²) >= 11 is 0. The summed E-state index contributed by atoms with van der Waals surface area (Å²) in [6.45, 7) is 9.39. The van der Waals surface area contributed by atoms with Gasteiger partial charge in [-0.1, -0.05) is 222 Å². The van der Waals surface area contributed by atoms with Crippen LogP contribution in [0.25, 0.3) is 76.8 Å². The molecule has 0 heterocycles. The van der Waals surface area contributed by atoms with Gasteiger partial charge in [-0.25, -0.2) is 0 Å². The van der Waals surface area contributed by atoms with Gasteiger partial charge in [0, 0.05) is 33.3 Å². The zero-order valence-corrected chi connectivity index (χ0v) is 41.3. The van der Waals surface area contributed by atoms with Gasteiger partial charge in [0.15, 0.2) is 0 Å². The standard InChI is InChI=1S/C70H56N2/c1-47(2)61-45-63-67(71(55-37-33-51(34-38-55)49-21-9-5-10-22-49)65-31-19-17-29-57(65)53-25-13-7-14-26-53)44-42-60-62(48(3)4)46-64-68(43-41-59(61)69(64)70(60)63)72(56-39-35-52(36-40-56)50-23-11-6-12-24-50)66-32-20-18-30-58(66)54-27-15-8-16-28-54/h5-48H,1-4H3. The van der Waals surface area contributed by atoms with Crippen LogP contribution >= 0.6 is 0 Å². The van der Waals surface area contributed by atoms with Crippen LogP contribution in [0.3, 0.4) is 0 Å². The Kier molecular flexibility index (Phi) is 11.7. The normalized spacial score (nSPS) is 11.6. The number of benzene rings is 12. The zero-order valence-electron chi connectivity index (χ0n) is 41.3. The number of rotatable bonds is 12. The van der Waals surface area contributed by atoms with Gasteiger partial charge in [-0.2, -0.15) is 0 Å². The molecule has 12 rings (SSSR count). The van der Waals surface area contributed by atoms with Crippen molar-refractivity contribution in [3.8, 4) is 44.5 Å². The van der Waals surface area contributed by atoms with Crippen LogP contribution < -0.4 is 9.80 Å². The van der Waals surface area contributed by atoms with Gasteiger partial charge in [0.2, 0.25) is 0 Å². The minimum absolute atomic E-state index is 0.260. The molecule has 2 heteroatoms. The molecule has 12 aromatic rings. The van der Waals surface area contributed by atoms with E-state index in [9.17, 15) is 0 Å². The summed E-state index contributed by atoms with van der Waals surface area (Å²) in [5.74, 6) is 0.520. The third kappa shape index (κ3) is 7.96. The van der Waals surface area contributed by atoms with Crippen LogP contribution in [0.1, 0.15) is 50.7 Å². The lowest BCUT2D eigenvalue weighted by atomic mass is 9.83. The fourth-order valence-electron chi connectivity index (χ4n) is 11.1. The molecule has 0 bridgehead atoms. The third-order valence-corrected chi connectivity index (χ3v) is 14.6. The summed E-state index contributed by atoms with van der Waals surface area (Å²) in [5, 5.41) is 7.68. The largest absolute Gasteiger partial charge is 0.309 e. The summed E-state index contributed by atoms with van der Waals surface area (Å²) in [4.78, 5) is 5.03. The van der Waals surface area contributed by atoms with E-state index < -0.39 is 0 Å². The van der Waals surface area contributed by atoms with Gasteiger partial charge in [-0.3, -0.25) is 0 Å². The van der Waals surface area contributed by atoms with Gasteiger partial charge in [-0.05, 0) is 139 Å². The minimum Gasteiger partial charge on any atom is -0.309 e. The van der Waals surface area contributed by atoms with E-state index in [1.807, 2.05) is 0 Å². The Labute approximate surface area is 424 Å². The van der Waals surface area contributed by atoms with Gasteiger partial charge in [0.25, 0.3) is 0 Å². The molecule has 346 valence electrons. The van der Waals surface area contributed by atoms with E-state index in [4.69, 9.17) is 0 Å². The van der Waals surface area contributed by atoms with Crippen molar-refractivity contribution in [1.29, 1.82) is 0 Å². The molecule has 0 fully saturated rings. The first-order valence-corrected chi connectivity index (χ1v) is 25.4. The summed E-state index contributed by atoms with van der Waals surface area (Å²) in [6, 6.07) is 93.8. The highest BCUT2D eigenvalue weighted by Gasteiger charge is 2.27. The molecule has 72 heavy (non-hydrogen) atoms. The molecule has 0 N–H and O–H groups in total. The van der Waals surface area contributed by atoms with E-state index in [1.165, 1.54) is 88.0 Å². The SMILES string of the molecule is CC(C)c1cc2c(N(c3ccc(-c4ccccc4)cc3)c3ccccc3-c3ccccc3)ccc3c(C(C)C)cc4c(N(c5ccc(-c6ccccc6)cc5)c5ccccc5-c5ccccc5)ccc1c4c32. The Morgan fingerprint density at radius 1 is 0.250 bits per heavy atom.